The number of carbonyl (C=O) groups is 1. The van der Waals surface area contributed by atoms with Crippen molar-refractivity contribution in [2.45, 2.75) is 38.8 Å². The van der Waals surface area contributed by atoms with Crippen molar-refractivity contribution in [1.29, 1.82) is 0 Å². The van der Waals surface area contributed by atoms with E-state index < -0.39 is 11.4 Å². The number of aromatic carboxylic acids is 1. The molecule has 2 aromatic heterocycles. The molecule has 150 valence electrons. The number of hydrogen-bond donors (Lipinski definition) is 1. The van der Waals surface area contributed by atoms with E-state index in [0.29, 0.717) is 46.0 Å². The lowest BCUT2D eigenvalue weighted by molar-refractivity contribution is 0.0695. The quantitative estimate of drug-likeness (QED) is 0.615. The Morgan fingerprint density at radius 3 is 2.62 bits per heavy atom. The van der Waals surface area contributed by atoms with Crippen LogP contribution in [0.5, 0.6) is 0 Å². The van der Waals surface area contributed by atoms with E-state index in [4.69, 9.17) is 23.2 Å². The van der Waals surface area contributed by atoms with Gasteiger partial charge >= 0.3 is 5.97 Å². The van der Waals surface area contributed by atoms with Gasteiger partial charge in [0.05, 0.1) is 22.3 Å². The second-order valence-electron chi connectivity index (χ2n) is 7.09. The molecule has 6 nitrogen and oxygen atoms in total. The molecule has 0 radical (unpaired) electrons. The van der Waals surface area contributed by atoms with Crippen LogP contribution in [0.3, 0.4) is 0 Å². The molecular formula is C21H19Cl2N3O3. The average molecular weight is 432 g/mol. The van der Waals surface area contributed by atoms with Crippen LogP contribution in [0.1, 0.15) is 47.6 Å². The van der Waals surface area contributed by atoms with Gasteiger partial charge in [0.15, 0.2) is 5.43 Å². The van der Waals surface area contributed by atoms with Gasteiger partial charge < -0.3 is 14.2 Å². The number of aromatic nitrogens is 3. The topological polar surface area (TPSA) is 77.1 Å². The fourth-order valence-electron chi connectivity index (χ4n) is 3.67. The summed E-state index contributed by atoms with van der Waals surface area (Å²) in [7, 11) is 0. The van der Waals surface area contributed by atoms with Crippen LogP contribution < -0.4 is 5.43 Å². The van der Waals surface area contributed by atoms with Gasteiger partial charge in [-0.25, -0.2) is 9.78 Å². The van der Waals surface area contributed by atoms with Crippen molar-refractivity contribution in [2.75, 3.05) is 0 Å². The molecule has 1 aliphatic carbocycles. The Kier molecular flexibility index (Phi) is 5.23. The van der Waals surface area contributed by atoms with Gasteiger partial charge in [-0.05, 0) is 31.9 Å². The van der Waals surface area contributed by atoms with Crippen LogP contribution in [0.25, 0.3) is 11.3 Å². The average Bonchev–Trinajstić information content (AvgIpc) is 3.42. The molecule has 0 spiro atoms. The summed E-state index contributed by atoms with van der Waals surface area (Å²) in [5.41, 5.74) is 0.761. The van der Waals surface area contributed by atoms with E-state index in [1.807, 2.05) is 22.3 Å². The lowest BCUT2D eigenvalue weighted by Gasteiger charge is -2.21. The van der Waals surface area contributed by atoms with Gasteiger partial charge in [0.2, 0.25) is 0 Å². The van der Waals surface area contributed by atoms with Crippen molar-refractivity contribution in [1.82, 2.24) is 14.1 Å². The second kappa shape index (κ2) is 7.69. The summed E-state index contributed by atoms with van der Waals surface area (Å²) in [5, 5.41) is 10.4. The Balaban J connectivity index is 1.92. The molecule has 1 aromatic carbocycles. The van der Waals surface area contributed by atoms with Gasteiger partial charge in [-0.2, -0.15) is 0 Å². The lowest BCUT2D eigenvalue weighted by atomic mass is 10.0. The number of pyridine rings is 1. The van der Waals surface area contributed by atoms with Crippen LogP contribution in [0.15, 0.2) is 41.5 Å². The first-order valence-electron chi connectivity index (χ1n) is 9.37. The Bertz CT molecular complexity index is 1160. The maximum Gasteiger partial charge on any atom is 0.341 e. The molecule has 1 N–H and O–H groups in total. The number of hydrogen-bond acceptors (Lipinski definition) is 3. The normalized spacial score (nSPS) is 13.6. The Morgan fingerprint density at radius 2 is 2.00 bits per heavy atom. The van der Waals surface area contributed by atoms with E-state index >= 15 is 0 Å². The number of nitrogens with zero attached hydrogens (tertiary/aromatic N) is 3. The van der Waals surface area contributed by atoms with E-state index in [1.165, 1.54) is 6.07 Å². The van der Waals surface area contributed by atoms with E-state index in [2.05, 4.69) is 4.98 Å². The molecule has 1 aliphatic rings. The van der Waals surface area contributed by atoms with Crippen LogP contribution >= 0.6 is 23.2 Å². The molecular weight excluding hydrogens is 413 g/mol. The minimum atomic E-state index is -1.27. The third-order valence-electron chi connectivity index (χ3n) is 5.14. The summed E-state index contributed by atoms with van der Waals surface area (Å²) in [6.45, 7) is 2.83. The third kappa shape index (κ3) is 3.70. The van der Waals surface area contributed by atoms with E-state index in [9.17, 15) is 14.7 Å². The molecule has 4 rings (SSSR count). The molecule has 2 heterocycles. The second-order valence-corrected chi connectivity index (χ2v) is 7.90. The molecule has 0 atom stereocenters. The Morgan fingerprint density at radius 1 is 1.24 bits per heavy atom. The van der Waals surface area contributed by atoms with Crippen LogP contribution in [0.2, 0.25) is 10.0 Å². The highest BCUT2D eigenvalue weighted by Gasteiger charge is 2.28. The molecule has 0 unspecified atom stereocenters. The summed E-state index contributed by atoms with van der Waals surface area (Å²) < 4.78 is 3.87. The van der Waals surface area contributed by atoms with Crippen molar-refractivity contribution in [3.05, 3.63) is 74.0 Å². The maximum absolute atomic E-state index is 12.8. The zero-order chi connectivity index (χ0) is 20.7. The molecule has 29 heavy (non-hydrogen) atoms. The monoisotopic (exact) mass is 431 g/mol. The number of rotatable bonds is 6. The minimum Gasteiger partial charge on any atom is -0.477 e. The van der Waals surface area contributed by atoms with Gasteiger partial charge in [-0.3, -0.25) is 4.79 Å². The summed E-state index contributed by atoms with van der Waals surface area (Å²) in [6.07, 6.45) is 5.88. The summed E-state index contributed by atoms with van der Waals surface area (Å²) >= 11 is 12.2. The maximum atomic E-state index is 12.8. The van der Waals surface area contributed by atoms with Gasteiger partial charge in [0.25, 0.3) is 0 Å². The summed E-state index contributed by atoms with van der Waals surface area (Å²) in [5.74, 6) is 0.184. The van der Waals surface area contributed by atoms with E-state index in [-0.39, 0.29) is 5.56 Å². The van der Waals surface area contributed by atoms with Crippen molar-refractivity contribution in [3.63, 3.8) is 0 Å². The molecule has 1 saturated carbocycles. The highest BCUT2D eigenvalue weighted by atomic mass is 35.5. The largest absolute Gasteiger partial charge is 0.477 e. The van der Waals surface area contributed by atoms with Crippen LogP contribution in [0.4, 0.5) is 0 Å². The molecule has 3 aromatic rings. The summed E-state index contributed by atoms with van der Waals surface area (Å²) in [6, 6.07) is 6.28. The zero-order valence-electron chi connectivity index (χ0n) is 15.7. The van der Waals surface area contributed by atoms with E-state index in [0.717, 1.165) is 18.7 Å². The van der Waals surface area contributed by atoms with E-state index in [1.54, 1.807) is 24.4 Å². The lowest BCUT2D eigenvalue weighted by Crippen LogP contribution is -2.24. The minimum absolute atomic E-state index is 0.276. The standard InChI is InChI=1S/C21H19Cl2N3O3/c1-2-26-14(11-25-8-7-24-20(25)12-3-4-12)10-17(27)18(21(28)29)19(26)13-5-6-15(22)16(23)9-13/h5-10,12H,2-4,11H2,1H3,(H,28,29). The predicted octanol–water partition coefficient (Wildman–Crippen LogP) is 4.66. The van der Waals surface area contributed by atoms with Gasteiger partial charge in [-0.1, -0.05) is 29.3 Å². The van der Waals surface area contributed by atoms with Crippen LogP contribution in [-0.4, -0.2) is 25.2 Å². The van der Waals surface area contributed by atoms with Crippen molar-refractivity contribution >= 4 is 29.2 Å². The number of carboxylic acid groups (broad SMARTS) is 1. The first-order chi connectivity index (χ1) is 13.9. The first-order valence-corrected chi connectivity index (χ1v) is 10.1. The van der Waals surface area contributed by atoms with Crippen molar-refractivity contribution in [3.8, 4) is 11.3 Å². The van der Waals surface area contributed by atoms with Crippen molar-refractivity contribution < 1.29 is 9.90 Å². The number of imidazole rings is 1. The highest BCUT2D eigenvalue weighted by Crippen LogP contribution is 2.39. The zero-order valence-corrected chi connectivity index (χ0v) is 17.2. The third-order valence-corrected chi connectivity index (χ3v) is 5.88. The fourth-order valence-corrected chi connectivity index (χ4v) is 3.97. The number of benzene rings is 1. The summed E-state index contributed by atoms with van der Waals surface area (Å²) in [4.78, 5) is 29.2. The molecule has 1 fully saturated rings. The fraction of sp³-hybridized carbons (Fsp3) is 0.286. The molecule has 0 saturated heterocycles. The first kappa shape index (κ1) is 19.7. The van der Waals surface area contributed by atoms with Gasteiger partial charge in [0, 0.05) is 42.2 Å². The van der Waals surface area contributed by atoms with Crippen molar-refractivity contribution in [2.24, 2.45) is 0 Å². The van der Waals surface area contributed by atoms with Gasteiger partial charge in [-0.15, -0.1) is 0 Å². The SMILES string of the molecule is CCn1c(Cn2ccnc2C2CC2)cc(=O)c(C(=O)O)c1-c1ccc(Cl)c(Cl)c1. The predicted molar refractivity (Wildman–Crippen MR) is 112 cm³/mol. The number of halogens is 2. The van der Waals surface area contributed by atoms with Gasteiger partial charge in [0.1, 0.15) is 11.4 Å². The molecule has 8 heteroatoms. The molecule has 0 amide bonds. The molecule has 0 bridgehead atoms. The Hall–Kier alpha value is -2.57. The molecule has 0 aliphatic heterocycles. The Labute approximate surface area is 177 Å². The number of carboxylic acids is 1. The smallest absolute Gasteiger partial charge is 0.341 e. The van der Waals surface area contributed by atoms with Crippen LogP contribution in [-0.2, 0) is 13.1 Å². The highest BCUT2D eigenvalue weighted by molar-refractivity contribution is 6.42. The van der Waals surface area contributed by atoms with Crippen LogP contribution in [0, 0.1) is 0 Å².